The van der Waals surface area contributed by atoms with Crippen molar-refractivity contribution in [1.29, 1.82) is 0 Å². The topological polar surface area (TPSA) is 56.8 Å². The molecule has 0 aliphatic rings. The second-order valence-corrected chi connectivity index (χ2v) is 5.53. The molecular formula is C18H20ClNO4. The summed E-state index contributed by atoms with van der Waals surface area (Å²) in [5.41, 5.74) is 1.64. The Labute approximate surface area is 146 Å². The summed E-state index contributed by atoms with van der Waals surface area (Å²) in [6.45, 7) is 0. The highest BCUT2D eigenvalue weighted by atomic mass is 35.5. The van der Waals surface area contributed by atoms with Gasteiger partial charge in [-0.05, 0) is 48.4 Å². The van der Waals surface area contributed by atoms with E-state index in [-0.39, 0.29) is 5.91 Å². The van der Waals surface area contributed by atoms with Crippen molar-refractivity contribution in [2.45, 2.75) is 12.8 Å². The molecule has 6 heteroatoms. The first-order valence-corrected chi connectivity index (χ1v) is 7.79. The molecule has 24 heavy (non-hydrogen) atoms. The standard InChI is InChI=1S/C18H20ClNO4/c1-22-15-10-12(11-16(23-2)18(15)24-3)4-9-17(21)20-14-7-5-13(19)6-8-14/h5-8,10-11H,4,9H2,1-3H3,(H,20,21). The van der Waals surface area contributed by atoms with Gasteiger partial charge in [-0.25, -0.2) is 0 Å². The summed E-state index contributed by atoms with van der Waals surface area (Å²) in [6.07, 6.45) is 0.886. The predicted molar refractivity (Wildman–Crippen MR) is 94.5 cm³/mol. The Hall–Kier alpha value is -2.40. The van der Waals surface area contributed by atoms with E-state index in [1.165, 1.54) is 0 Å². The number of ether oxygens (including phenoxy) is 3. The zero-order chi connectivity index (χ0) is 17.5. The van der Waals surface area contributed by atoms with Gasteiger partial charge in [-0.3, -0.25) is 4.79 Å². The average Bonchev–Trinajstić information content (AvgIpc) is 2.60. The molecule has 0 aliphatic heterocycles. The van der Waals surface area contributed by atoms with Gasteiger partial charge in [-0.15, -0.1) is 0 Å². The highest BCUT2D eigenvalue weighted by Crippen LogP contribution is 2.38. The van der Waals surface area contributed by atoms with Crippen molar-refractivity contribution < 1.29 is 19.0 Å². The average molecular weight is 350 g/mol. The maximum atomic E-state index is 12.1. The van der Waals surface area contributed by atoms with Crippen LogP contribution in [0.25, 0.3) is 0 Å². The molecular weight excluding hydrogens is 330 g/mol. The monoisotopic (exact) mass is 349 g/mol. The van der Waals surface area contributed by atoms with Crippen LogP contribution in [-0.2, 0) is 11.2 Å². The predicted octanol–water partition coefficient (Wildman–Crippen LogP) is 3.94. The SMILES string of the molecule is COc1cc(CCC(=O)Nc2ccc(Cl)cc2)cc(OC)c1OC. The number of amides is 1. The Morgan fingerprint density at radius 3 is 2.08 bits per heavy atom. The molecule has 0 aliphatic carbocycles. The van der Waals surface area contributed by atoms with E-state index in [2.05, 4.69) is 5.32 Å². The lowest BCUT2D eigenvalue weighted by Crippen LogP contribution is -2.12. The fraction of sp³-hybridized carbons (Fsp3) is 0.278. The minimum atomic E-state index is -0.0777. The molecule has 0 saturated carbocycles. The second kappa shape index (κ2) is 8.45. The second-order valence-electron chi connectivity index (χ2n) is 5.09. The van der Waals surface area contributed by atoms with Crippen molar-refractivity contribution in [1.82, 2.24) is 0 Å². The summed E-state index contributed by atoms with van der Waals surface area (Å²) in [7, 11) is 4.68. The van der Waals surface area contributed by atoms with E-state index in [4.69, 9.17) is 25.8 Å². The van der Waals surface area contributed by atoms with Crippen LogP contribution in [0.1, 0.15) is 12.0 Å². The number of hydrogen-bond acceptors (Lipinski definition) is 4. The number of nitrogens with one attached hydrogen (secondary N) is 1. The molecule has 0 fully saturated rings. The maximum Gasteiger partial charge on any atom is 0.224 e. The van der Waals surface area contributed by atoms with Crippen molar-refractivity contribution in [2.24, 2.45) is 0 Å². The lowest BCUT2D eigenvalue weighted by molar-refractivity contribution is -0.116. The quantitative estimate of drug-likeness (QED) is 0.822. The van der Waals surface area contributed by atoms with E-state index < -0.39 is 0 Å². The van der Waals surface area contributed by atoms with Crippen LogP contribution in [0, 0.1) is 0 Å². The van der Waals surface area contributed by atoms with Crippen LogP contribution in [0.3, 0.4) is 0 Å². The first-order valence-electron chi connectivity index (χ1n) is 7.41. The third-order valence-electron chi connectivity index (χ3n) is 3.49. The zero-order valence-electron chi connectivity index (χ0n) is 13.9. The van der Waals surface area contributed by atoms with Crippen molar-refractivity contribution in [3.8, 4) is 17.2 Å². The molecule has 0 saturated heterocycles. The molecule has 0 atom stereocenters. The van der Waals surface area contributed by atoms with Gasteiger partial charge < -0.3 is 19.5 Å². The summed E-state index contributed by atoms with van der Waals surface area (Å²) in [5.74, 6) is 1.61. The van der Waals surface area contributed by atoms with Gasteiger partial charge in [0.2, 0.25) is 11.7 Å². The smallest absolute Gasteiger partial charge is 0.224 e. The van der Waals surface area contributed by atoms with Gasteiger partial charge in [-0.1, -0.05) is 11.6 Å². The first kappa shape index (κ1) is 17.9. The highest BCUT2D eigenvalue weighted by Gasteiger charge is 2.14. The Morgan fingerprint density at radius 1 is 1.00 bits per heavy atom. The van der Waals surface area contributed by atoms with Gasteiger partial charge >= 0.3 is 0 Å². The third kappa shape index (κ3) is 4.55. The zero-order valence-corrected chi connectivity index (χ0v) is 14.6. The lowest BCUT2D eigenvalue weighted by atomic mass is 10.1. The molecule has 1 N–H and O–H groups in total. The fourth-order valence-electron chi connectivity index (χ4n) is 2.29. The van der Waals surface area contributed by atoms with Gasteiger partial charge in [0.25, 0.3) is 0 Å². The Bertz CT molecular complexity index is 676. The summed E-state index contributed by atoms with van der Waals surface area (Å²) in [5, 5.41) is 3.46. The molecule has 0 spiro atoms. The summed E-state index contributed by atoms with van der Waals surface area (Å²) in [4.78, 5) is 12.1. The Balaban J connectivity index is 2.03. The van der Waals surface area contributed by atoms with E-state index in [0.29, 0.717) is 40.8 Å². The molecule has 0 heterocycles. The molecule has 128 valence electrons. The third-order valence-corrected chi connectivity index (χ3v) is 3.75. The first-order chi connectivity index (χ1) is 11.6. The molecule has 0 unspecified atom stereocenters. The van der Waals surface area contributed by atoms with Gasteiger partial charge in [0, 0.05) is 17.1 Å². The van der Waals surface area contributed by atoms with E-state index >= 15 is 0 Å². The van der Waals surface area contributed by atoms with E-state index in [1.807, 2.05) is 12.1 Å². The van der Waals surface area contributed by atoms with Crippen LogP contribution in [0.4, 0.5) is 5.69 Å². The normalized spacial score (nSPS) is 10.2. The molecule has 0 aromatic heterocycles. The molecule has 2 aromatic rings. The van der Waals surface area contributed by atoms with E-state index in [1.54, 1.807) is 45.6 Å². The number of methoxy groups -OCH3 is 3. The highest BCUT2D eigenvalue weighted by molar-refractivity contribution is 6.30. The number of halogens is 1. The van der Waals surface area contributed by atoms with Crippen LogP contribution in [0.15, 0.2) is 36.4 Å². The number of carbonyl (C=O) groups excluding carboxylic acids is 1. The molecule has 5 nitrogen and oxygen atoms in total. The minimum Gasteiger partial charge on any atom is -0.493 e. The molecule has 0 radical (unpaired) electrons. The molecule has 2 rings (SSSR count). The molecule has 2 aromatic carbocycles. The number of benzene rings is 2. The maximum absolute atomic E-state index is 12.1. The number of carbonyl (C=O) groups is 1. The Morgan fingerprint density at radius 2 is 1.58 bits per heavy atom. The number of hydrogen-bond donors (Lipinski definition) is 1. The Kier molecular flexibility index (Phi) is 6.32. The van der Waals surface area contributed by atoms with Crippen molar-refractivity contribution in [3.63, 3.8) is 0 Å². The summed E-state index contributed by atoms with van der Waals surface area (Å²) in [6, 6.07) is 10.7. The van der Waals surface area contributed by atoms with Crippen molar-refractivity contribution in [2.75, 3.05) is 26.6 Å². The van der Waals surface area contributed by atoms with Crippen molar-refractivity contribution in [3.05, 3.63) is 47.0 Å². The molecule has 1 amide bonds. The van der Waals surface area contributed by atoms with Crippen LogP contribution >= 0.6 is 11.6 Å². The minimum absolute atomic E-state index is 0.0777. The van der Waals surface area contributed by atoms with Crippen molar-refractivity contribution >= 4 is 23.2 Å². The summed E-state index contributed by atoms with van der Waals surface area (Å²) < 4.78 is 15.9. The summed E-state index contributed by atoms with van der Waals surface area (Å²) >= 11 is 5.82. The van der Waals surface area contributed by atoms with E-state index in [9.17, 15) is 4.79 Å². The fourth-order valence-corrected chi connectivity index (χ4v) is 2.42. The van der Waals surface area contributed by atoms with Gasteiger partial charge in [0.1, 0.15) is 0 Å². The van der Waals surface area contributed by atoms with E-state index in [0.717, 1.165) is 5.56 Å². The lowest BCUT2D eigenvalue weighted by Gasteiger charge is -2.14. The van der Waals surface area contributed by atoms with Gasteiger partial charge in [0.15, 0.2) is 11.5 Å². The molecule has 0 bridgehead atoms. The van der Waals surface area contributed by atoms with Crippen LogP contribution in [-0.4, -0.2) is 27.2 Å². The van der Waals surface area contributed by atoms with Gasteiger partial charge in [0.05, 0.1) is 21.3 Å². The van der Waals surface area contributed by atoms with Crippen LogP contribution in [0.5, 0.6) is 17.2 Å². The number of rotatable bonds is 7. The van der Waals surface area contributed by atoms with Gasteiger partial charge in [-0.2, -0.15) is 0 Å². The number of aryl methyl sites for hydroxylation is 1. The number of anilines is 1. The largest absolute Gasteiger partial charge is 0.493 e. The van der Waals surface area contributed by atoms with Crippen LogP contribution in [0.2, 0.25) is 5.02 Å². The van der Waals surface area contributed by atoms with Crippen LogP contribution < -0.4 is 19.5 Å².